The molecule has 0 aliphatic heterocycles. The number of hydrazone groups is 1. The van der Waals surface area contributed by atoms with Crippen LogP contribution in [0.2, 0.25) is 0 Å². The van der Waals surface area contributed by atoms with Crippen LogP contribution in [0, 0.1) is 6.92 Å². The molecule has 2 aromatic rings. The zero-order chi connectivity index (χ0) is 18.3. The normalized spacial score (nSPS) is 11.7. The van der Waals surface area contributed by atoms with E-state index in [4.69, 9.17) is 0 Å². The Morgan fingerprint density at radius 1 is 1.08 bits per heavy atom. The first-order valence-corrected chi connectivity index (χ1v) is 9.45. The van der Waals surface area contributed by atoms with Crippen LogP contribution in [0.5, 0.6) is 0 Å². The Morgan fingerprint density at radius 3 is 2.32 bits per heavy atom. The zero-order valence-electron chi connectivity index (χ0n) is 15.4. The van der Waals surface area contributed by atoms with E-state index < -0.39 is 0 Å². The van der Waals surface area contributed by atoms with Gasteiger partial charge in [-0.2, -0.15) is 5.10 Å². The minimum Gasteiger partial charge on any atom is -0.273 e. The smallest absolute Gasteiger partial charge is 0.240 e. The fraction of sp³-hybridized carbons (Fsp3) is 0.333. The summed E-state index contributed by atoms with van der Waals surface area (Å²) in [6, 6.07) is 16.6. The van der Waals surface area contributed by atoms with Gasteiger partial charge in [0.2, 0.25) is 5.91 Å². The highest BCUT2D eigenvalue weighted by atomic mass is 32.2. The van der Waals surface area contributed by atoms with Crippen molar-refractivity contribution in [3.05, 3.63) is 65.2 Å². The molecule has 0 saturated carbocycles. The summed E-state index contributed by atoms with van der Waals surface area (Å²) in [5.74, 6) is 0.673. The predicted octanol–water partition coefficient (Wildman–Crippen LogP) is 4.93. The molecule has 2 aromatic carbocycles. The van der Waals surface area contributed by atoms with E-state index in [1.807, 2.05) is 12.1 Å². The van der Waals surface area contributed by atoms with E-state index in [-0.39, 0.29) is 11.3 Å². The van der Waals surface area contributed by atoms with Crippen LogP contribution in [0.15, 0.2) is 58.5 Å². The van der Waals surface area contributed by atoms with E-state index in [2.05, 4.69) is 74.6 Å². The number of carbonyl (C=O) groups excluding carboxylic acids is 1. The second-order valence-electron chi connectivity index (χ2n) is 7.08. The number of carbonyl (C=O) groups is 1. The SMILES string of the molecule is Cc1ccc(SCCC(=O)N/N=C\c2ccc(C(C)(C)C)cc2)cc1. The molecule has 0 heterocycles. The third-order valence-electron chi connectivity index (χ3n) is 3.80. The van der Waals surface area contributed by atoms with Crippen molar-refractivity contribution in [2.45, 2.75) is 44.4 Å². The van der Waals surface area contributed by atoms with Gasteiger partial charge < -0.3 is 0 Å². The van der Waals surface area contributed by atoms with Gasteiger partial charge in [0.05, 0.1) is 6.21 Å². The van der Waals surface area contributed by atoms with Crippen LogP contribution in [0.3, 0.4) is 0 Å². The number of hydrogen-bond donors (Lipinski definition) is 1. The average molecular weight is 355 g/mol. The fourth-order valence-corrected chi connectivity index (χ4v) is 3.05. The van der Waals surface area contributed by atoms with Gasteiger partial charge in [0.25, 0.3) is 0 Å². The molecule has 0 aliphatic rings. The van der Waals surface area contributed by atoms with Crippen molar-refractivity contribution in [3.8, 4) is 0 Å². The number of amides is 1. The number of thioether (sulfide) groups is 1. The van der Waals surface area contributed by atoms with E-state index in [0.717, 1.165) is 11.3 Å². The lowest BCUT2D eigenvalue weighted by Crippen LogP contribution is -2.17. The molecular weight excluding hydrogens is 328 g/mol. The Hall–Kier alpha value is -2.07. The largest absolute Gasteiger partial charge is 0.273 e. The number of rotatable bonds is 6. The standard InChI is InChI=1S/C21H26N2OS/c1-16-5-11-19(12-6-16)25-14-13-20(24)23-22-15-17-7-9-18(10-8-17)21(2,3)4/h5-12,15H,13-14H2,1-4H3,(H,23,24)/b22-15-. The minimum atomic E-state index is -0.0674. The molecule has 132 valence electrons. The van der Waals surface area contributed by atoms with Crippen LogP contribution >= 0.6 is 11.8 Å². The van der Waals surface area contributed by atoms with Gasteiger partial charge in [-0.3, -0.25) is 4.79 Å². The second-order valence-corrected chi connectivity index (χ2v) is 8.25. The summed E-state index contributed by atoms with van der Waals surface area (Å²) in [5.41, 5.74) is 6.22. The molecule has 0 radical (unpaired) electrons. The molecule has 0 saturated heterocycles. The second kappa shape index (κ2) is 8.86. The monoisotopic (exact) mass is 354 g/mol. The first-order valence-electron chi connectivity index (χ1n) is 8.46. The van der Waals surface area contributed by atoms with Gasteiger partial charge in [0, 0.05) is 17.1 Å². The molecule has 25 heavy (non-hydrogen) atoms. The van der Waals surface area contributed by atoms with Crippen LogP contribution in [0.4, 0.5) is 0 Å². The van der Waals surface area contributed by atoms with Gasteiger partial charge in [0.15, 0.2) is 0 Å². The highest BCUT2D eigenvalue weighted by Crippen LogP contribution is 2.22. The Bertz CT molecular complexity index is 713. The van der Waals surface area contributed by atoms with Crippen molar-refractivity contribution in [2.75, 3.05) is 5.75 Å². The highest BCUT2D eigenvalue weighted by molar-refractivity contribution is 7.99. The first kappa shape index (κ1) is 19.3. The predicted molar refractivity (Wildman–Crippen MR) is 107 cm³/mol. The molecule has 0 spiro atoms. The Kier molecular flexibility index (Phi) is 6.82. The Morgan fingerprint density at radius 2 is 1.72 bits per heavy atom. The van der Waals surface area contributed by atoms with Crippen LogP contribution < -0.4 is 5.43 Å². The molecule has 0 fully saturated rings. The molecule has 1 amide bonds. The maximum absolute atomic E-state index is 11.8. The Labute approximate surface area is 154 Å². The quantitative estimate of drug-likeness (QED) is 0.454. The van der Waals surface area contributed by atoms with Crippen LogP contribution in [0.25, 0.3) is 0 Å². The summed E-state index contributed by atoms with van der Waals surface area (Å²) in [7, 11) is 0. The molecule has 2 rings (SSSR count). The highest BCUT2D eigenvalue weighted by Gasteiger charge is 2.12. The Balaban J connectivity index is 1.73. The summed E-state index contributed by atoms with van der Waals surface area (Å²) in [6.45, 7) is 8.62. The van der Waals surface area contributed by atoms with Crippen molar-refractivity contribution >= 4 is 23.9 Å². The lowest BCUT2D eigenvalue weighted by molar-refractivity contribution is -0.120. The van der Waals surface area contributed by atoms with Gasteiger partial charge in [-0.1, -0.05) is 62.7 Å². The number of hydrogen-bond acceptors (Lipinski definition) is 3. The maximum Gasteiger partial charge on any atom is 0.240 e. The molecule has 0 bridgehead atoms. The number of nitrogens with zero attached hydrogens (tertiary/aromatic N) is 1. The molecule has 4 heteroatoms. The van der Waals surface area contributed by atoms with Crippen molar-refractivity contribution in [2.24, 2.45) is 5.10 Å². The van der Waals surface area contributed by atoms with Crippen molar-refractivity contribution in [1.82, 2.24) is 5.43 Å². The first-order chi connectivity index (χ1) is 11.8. The zero-order valence-corrected chi connectivity index (χ0v) is 16.2. The topological polar surface area (TPSA) is 41.5 Å². The van der Waals surface area contributed by atoms with Crippen LogP contribution in [-0.2, 0) is 10.2 Å². The van der Waals surface area contributed by atoms with Gasteiger partial charge in [-0.15, -0.1) is 11.8 Å². The van der Waals surface area contributed by atoms with Crippen molar-refractivity contribution < 1.29 is 4.79 Å². The van der Waals surface area contributed by atoms with Gasteiger partial charge in [-0.25, -0.2) is 5.43 Å². The van der Waals surface area contributed by atoms with Crippen LogP contribution in [-0.4, -0.2) is 17.9 Å². The van der Waals surface area contributed by atoms with Gasteiger partial charge in [0.1, 0.15) is 0 Å². The summed E-state index contributed by atoms with van der Waals surface area (Å²) < 4.78 is 0. The molecule has 1 N–H and O–H groups in total. The lowest BCUT2D eigenvalue weighted by Gasteiger charge is -2.18. The van der Waals surface area contributed by atoms with Crippen LogP contribution in [0.1, 0.15) is 43.9 Å². The van der Waals surface area contributed by atoms with Gasteiger partial charge in [-0.05, 0) is 35.6 Å². The van der Waals surface area contributed by atoms with E-state index in [1.54, 1.807) is 18.0 Å². The molecular formula is C21H26N2OS. The van der Waals surface area contributed by atoms with E-state index >= 15 is 0 Å². The lowest BCUT2D eigenvalue weighted by atomic mass is 9.87. The number of aryl methyl sites for hydroxylation is 1. The molecule has 0 atom stereocenters. The summed E-state index contributed by atoms with van der Waals surface area (Å²) in [6.07, 6.45) is 2.12. The molecule has 0 aliphatic carbocycles. The minimum absolute atomic E-state index is 0.0674. The molecule has 3 nitrogen and oxygen atoms in total. The molecule has 0 aromatic heterocycles. The van der Waals surface area contributed by atoms with Crippen molar-refractivity contribution in [3.63, 3.8) is 0 Å². The third-order valence-corrected chi connectivity index (χ3v) is 4.81. The van der Waals surface area contributed by atoms with Crippen molar-refractivity contribution in [1.29, 1.82) is 0 Å². The summed E-state index contributed by atoms with van der Waals surface area (Å²) in [5, 5.41) is 4.04. The summed E-state index contributed by atoms with van der Waals surface area (Å²) in [4.78, 5) is 13.0. The fourth-order valence-electron chi connectivity index (χ4n) is 2.20. The number of benzene rings is 2. The number of nitrogens with one attached hydrogen (secondary N) is 1. The molecule has 0 unspecified atom stereocenters. The van der Waals surface area contributed by atoms with E-state index in [9.17, 15) is 4.79 Å². The summed E-state index contributed by atoms with van der Waals surface area (Å²) >= 11 is 1.68. The third kappa shape index (κ3) is 6.75. The average Bonchev–Trinajstić information content (AvgIpc) is 2.56. The van der Waals surface area contributed by atoms with E-state index in [0.29, 0.717) is 6.42 Å². The maximum atomic E-state index is 11.8. The van der Waals surface area contributed by atoms with E-state index in [1.165, 1.54) is 16.0 Å². The van der Waals surface area contributed by atoms with Gasteiger partial charge >= 0.3 is 0 Å².